The van der Waals surface area contributed by atoms with Crippen molar-refractivity contribution < 1.29 is 29.3 Å². The van der Waals surface area contributed by atoms with Crippen LogP contribution in [-0.4, -0.2) is 67.2 Å². The monoisotopic (exact) mass is 551 g/mol. The van der Waals surface area contributed by atoms with Gasteiger partial charge in [-0.05, 0) is 67.9 Å². The Morgan fingerprint density at radius 3 is 2.40 bits per heavy atom. The molecule has 3 aromatic rings. The second-order valence-electron chi connectivity index (χ2n) is 10.9. The number of nitrogens with zero attached hydrogens (tertiary/aromatic N) is 3. The number of carboxylic acids is 1. The minimum absolute atomic E-state index is 0.0624. The van der Waals surface area contributed by atoms with Crippen LogP contribution in [0.5, 0.6) is 0 Å². The molecule has 1 aliphatic heterocycles. The number of rotatable bonds is 11. The third kappa shape index (κ3) is 7.14. The second-order valence-corrected chi connectivity index (χ2v) is 10.9. The molecule has 1 fully saturated rings. The first-order chi connectivity index (χ1) is 19.1. The molecule has 2 aromatic carbocycles. The van der Waals surface area contributed by atoms with Crippen LogP contribution < -0.4 is 0 Å². The predicted molar refractivity (Wildman–Crippen MR) is 149 cm³/mol. The Labute approximate surface area is 234 Å². The van der Waals surface area contributed by atoms with Crippen LogP contribution in [0.4, 0.5) is 4.39 Å². The molecule has 3 N–H and O–H groups in total. The molecule has 4 rings (SSSR count). The first-order valence-corrected chi connectivity index (χ1v) is 13.9. The molecule has 214 valence electrons. The van der Waals surface area contributed by atoms with E-state index in [1.165, 1.54) is 17.7 Å². The number of aliphatic hydroxyl groups excluding tert-OH is 2. The topological polar surface area (TPSA) is 116 Å². The SMILES string of the molecule is CC(C)c1c(C(=O)N2CCC[C@H](c3ccccc3)C2)nn(-c2ccc(F)cc2)c1CC[C@@H](O)C[C@@H](O)CC(=O)O. The van der Waals surface area contributed by atoms with E-state index >= 15 is 0 Å². The average molecular weight is 552 g/mol. The van der Waals surface area contributed by atoms with E-state index in [0.29, 0.717) is 30.9 Å². The number of hydrogen-bond donors (Lipinski definition) is 3. The number of carboxylic acid groups (broad SMARTS) is 1. The first kappa shape index (κ1) is 29.4. The maximum Gasteiger partial charge on any atom is 0.305 e. The zero-order valence-electron chi connectivity index (χ0n) is 23.0. The molecular formula is C31H38FN3O5. The lowest BCUT2D eigenvalue weighted by molar-refractivity contribution is -0.139. The van der Waals surface area contributed by atoms with Crippen LogP contribution in [0.2, 0.25) is 0 Å². The second kappa shape index (κ2) is 13.2. The molecule has 3 atom stereocenters. The Balaban J connectivity index is 1.65. The van der Waals surface area contributed by atoms with Gasteiger partial charge in [0.1, 0.15) is 5.82 Å². The van der Waals surface area contributed by atoms with E-state index in [2.05, 4.69) is 12.1 Å². The fourth-order valence-electron chi connectivity index (χ4n) is 5.59. The van der Waals surface area contributed by atoms with E-state index in [0.717, 1.165) is 24.1 Å². The number of carbonyl (C=O) groups is 2. The van der Waals surface area contributed by atoms with Crippen molar-refractivity contribution in [1.29, 1.82) is 0 Å². The maximum absolute atomic E-state index is 14.0. The molecule has 8 nitrogen and oxygen atoms in total. The summed E-state index contributed by atoms with van der Waals surface area (Å²) in [6.45, 7) is 5.21. The van der Waals surface area contributed by atoms with Gasteiger partial charge in [0.2, 0.25) is 0 Å². The number of amides is 1. The fourth-order valence-corrected chi connectivity index (χ4v) is 5.59. The van der Waals surface area contributed by atoms with Crippen molar-refractivity contribution in [2.45, 2.75) is 76.4 Å². The Morgan fingerprint density at radius 2 is 1.75 bits per heavy atom. The lowest BCUT2D eigenvalue weighted by atomic mass is 9.90. The van der Waals surface area contributed by atoms with E-state index < -0.39 is 24.6 Å². The van der Waals surface area contributed by atoms with Crippen LogP contribution >= 0.6 is 0 Å². The normalized spacial score (nSPS) is 17.1. The largest absolute Gasteiger partial charge is 0.481 e. The standard InChI is InChI=1S/C31H38FN3O5/c1-20(2)29-27(15-14-25(36)17-26(37)18-28(38)39)35(24-12-10-23(32)11-13-24)33-30(29)31(40)34-16-6-9-22(19-34)21-7-4-3-5-8-21/h3-5,7-8,10-13,20,22,25-26,36-37H,6,9,14-19H2,1-2H3,(H,38,39)/t22-,25+,26+/m0/s1. The zero-order valence-corrected chi connectivity index (χ0v) is 23.0. The molecule has 0 radical (unpaired) electrons. The van der Waals surface area contributed by atoms with Crippen molar-refractivity contribution in [3.05, 3.63) is 82.9 Å². The van der Waals surface area contributed by atoms with Gasteiger partial charge < -0.3 is 20.2 Å². The van der Waals surface area contributed by atoms with Gasteiger partial charge in [-0.1, -0.05) is 44.2 Å². The number of carbonyl (C=O) groups excluding carboxylic acids is 1. The molecule has 0 spiro atoms. The molecule has 1 aliphatic rings. The van der Waals surface area contributed by atoms with Crippen molar-refractivity contribution in [3.63, 3.8) is 0 Å². The fraction of sp³-hybridized carbons (Fsp3) is 0.452. The Morgan fingerprint density at radius 1 is 1.05 bits per heavy atom. The molecule has 1 saturated heterocycles. The quantitative estimate of drug-likeness (QED) is 0.319. The third-order valence-corrected chi connectivity index (χ3v) is 7.52. The van der Waals surface area contributed by atoms with E-state index in [9.17, 15) is 24.2 Å². The van der Waals surface area contributed by atoms with Crippen LogP contribution in [0, 0.1) is 5.82 Å². The number of likely N-dealkylation sites (tertiary alicyclic amines) is 1. The van der Waals surface area contributed by atoms with Crippen LogP contribution in [0.15, 0.2) is 54.6 Å². The van der Waals surface area contributed by atoms with Crippen molar-refractivity contribution in [2.75, 3.05) is 13.1 Å². The summed E-state index contributed by atoms with van der Waals surface area (Å²) in [7, 11) is 0. The Kier molecular flexibility index (Phi) is 9.71. The molecule has 0 saturated carbocycles. The minimum Gasteiger partial charge on any atom is -0.481 e. The highest BCUT2D eigenvalue weighted by molar-refractivity contribution is 5.94. The van der Waals surface area contributed by atoms with Crippen molar-refractivity contribution >= 4 is 11.9 Å². The summed E-state index contributed by atoms with van der Waals surface area (Å²) < 4.78 is 15.4. The number of aliphatic carboxylic acids is 1. The molecule has 0 unspecified atom stereocenters. The number of benzene rings is 2. The summed E-state index contributed by atoms with van der Waals surface area (Å²) in [4.78, 5) is 26.8. The molecule has 0 bridgehead atoms. The molecule has 1 amide bonds. The number of aromatic nitrogens is 2. The smallest absolute Gasteiger partial charge is 0.305 e. The summed E-state index contributed by atoms with van der Waals surface area (Å²) in [6, 6.07) is 16.1. The number of aliphatic hydroxyl groups is 2. The van der Waals surface area contributed by atoms with Crippen LogP contribution in [0.3, 0.4) is 0 Å². The summed E-state index contributed by atoms with van der Waals surface area (Å²) in [5.41, 5.74) is 3.66. The van der Waals surface area contributed by atoms with Gasteiger partial charge >= 0.3 is 5.97 Å². The summed E-state index contributed by atoms with van der Waals surface area (Å²) >= 11 is 0. The van der Waals surface area contributed by atoms with E-state index in [1.807, 2.05) is 36.9 Å². The highest BCUT2D eigenvalue weighted by Gasteiger charge is 2.32. The van der Waals surface area contributed by atoms with Gasteiger partial charge in [-0.2, -0.15) is 5.10 Å². The average Bonchev–Trinajstić information content (AvgIpc) is 3.32. The van der Waals surface area contributed by atoms with Gasteiger partial charge in [-0.15, -0.1) is 0 Å². The van der Waals surface area contributed by atoms with Crippen LogP contribution in [0.1, 0.15) is 85.1 Å². The number of piperidine rings is 1. The van der Waals surface area contributed by atoms with Gasteiger partial charge in [-0.3, -0.25) is 9.59 Å². The highest BCUT2D eigenvalue weighted by Crippen LogP contribution is 2.32. The molecule has 1 aromatic heterocycles. The number of hydrogen-bond acceptors (Lipinski definition) is 5. The zero-order chi connectivity index (χ0) is 28.8. The van der Waals surface area contributed by atoms with Crippen molar-refractivity contribution in [3.8, 4) is 5.69 Å². The lowest BCUT2D eigenvalue weighted by Crippen LogP contribution is -2.39. The third-order valence-electron chi connectivity index (χ3n) is 7.52. The van der Waals surface area contributed by atoms with Crippen LogP contribution in [-0.2, 0) is 11.2 Å². The molecular weight excluding hydrogens is 513 g/mol. The highest BCUT2D eigenvalue weighted by atomic mass is 19.1. The van der Waals surface area contributed by atoms with E-state index in [4.69, 9.17) is 10.2 Å². The lowest BCUT2D eigenvalue weighted by Gasteiger charge is -2.33. The van der Waals surface area contributed by atoms with E-state index in [1.54, 1.807) is 16.8 Å². The van der Waals surface area contributed by atoms with Crippen molar-refractivity contribution in [1.82, 2.24) is 14.7 Å². The molecule has 0 aliphatic carbocycles. The van der Waals surface area contributed by atoms with Crippen LogP contribution in [0.25, 0.3) is 5.69 Å². The van der Waals surface area contributed by atoms with Gasteiger partial charge in [0.05, 0.1) is 24.3 Å². The molecule has 2 heterocycles. The first-order valence-electron chi connectivity index (χ1n) is 13.9. The molecule has 9 heteroatoms. The Bertz CT molecular complexity index is 1290. The molecule has 40 heavy (non-hydrogen) atoms. The van der Waals surface area contributed by atoms with E-state index in [-0.39, 0.29) is 36.4 Å². The predicted octanol–water partition coefficient (Wildman–Crippen LogP) is 4.67. The summed E-state index contributed by atoms with van der Waals surface area (Å²) in [5.74, 6) is -1.49. The summed E-state index contributed by atoms with van der Waals surface area (Å²) in [5, 5.41) is 34.2. The van der Waals surface area contributed by atoms with Gasteiger partial charge in [0.25, 0.3) is 5.91 Å². The minimum atomic E-state index is -1.16. The van der Waals surface area contributed by atoms with Crippen molar-refractivity contribution in [2.24, 2.45) is 0 Å². The summed E-state index contributed by atoms with van der Waals surface area (Å²) in [6.07, 6.45) is -0.166. The van der Waals surface area contributed by atoms with Gasteiger partial charge in [0, 0.05) is 30.3 Å². The van der Waals surface area contributed by atoms with Gasteiger partial charge in [0.15, 0.2) is 5.69 Å². The van der Waals surface area contributed by atoms with Gasteiger partial charge in [-0.25, -0.2) is 9.07 Å². The maximum atomic E-state index is 14.0. The number of halogens is 1. The Hall–Kier alpha value is -3.56.